The maximum Gasteiger partial charge on any atom is 0.325 e. The highest BCUT2D eigenvalue weighted by atomic mass is 35.5. The first-order chi connectivity index (χ1) is 12.0. The number of hydrogen-bond donors (Lipinski definition) is 1. The van der Waals surface area contributed by atoms with Gasteiger partial charge in [0, 0.05) is 22.3 Å². The van der Waals surface area contributed by atoms with Crippen molar-refractivity contribution >= 4 is 28.6 Å². The minimum atomic E-state index is -0.787. The molecule has 0 amide bonds. The number of carbonyl (C=O) groups excluding carboxylic acids is 1. The van der Waals surface area contributed by atoms with Crippen molar-refractivity contribution in [2.24, 2.45) is 0 Å². The van der Waals surface area contributed by atoms with E-state index in [0.29, 0.717) is 28.4 Å². The lowest BCUT2D eigenvalue weighted by Crippen LogP contribution is -2.13. The lowest BCUT2D eigenvalue weighted by atomic mass is 10.0. The van der Waals surface area contributed by atoms with Crippen molar-refractivity contribution in [2.75, 3.05) is 6.61 Å². The predicted octanol–water partition coefficient (Wildman–Crippen LogP) is 3.37. The zero-order valence-corrected chi connectivity index (χ0v) is 14.7. The van der Waals surface area contributed by atoms with E-state index in [1.807, 2.05) is 18.2 Å². The van der Waals surface area contributed by atoms with Crippen LogP contribution in [0.4, 0.5) is 0 Å². The van der Waals surface area contributed by atoms with Gasteiger partial charge in [0.05, 0.1) is 23.8 Å². The van der Waals surface area contributed by atoms with Gasteiger partial charge >= 0.3 is 5.97 Å². The van der Waals surface area contributed by atoms with Gasteiger partial charge in [-0.15, -0.1) is 0 Å². The van der Waals surface area contributed by atoms with Crippen LogP contribution in [0.2, 0.25) is 5.02 Å². The molecule has 3 rings (SSSR count). The zero-order valence-electron chi connectivity index (χ0n) is 13.9. The molecule has 25 heavy (non-hydrogen) atoms. The van der Waals surface area contributed by atoms with Crippen molar-refractivity contribution in [3.63, 3.8) is 0 Å². The number of carbonyl (C=O) groups is 1. The highest BCUT2D eigenvalue weighted by molar-refractivity contribution is 6.33. The molecular formula is C18H18ClN3O3. The van der Waals surface area contributed by atoms with E-state index in [9.17, 15) is 9.90 Å². The Morgan fingerprint density at radius 3 is 2.76 bits per heavy atom. The van der Waals surface area contributed by atoms with Crippen LogP contribution in [-0.2, 0) is 16.1 Å². The normalized spacial score (nSPS) is 12.3. The van der Waals surface area contributed by atoms with Gasteiger partial charge in [0.25, 0.3) is 0 Å². The van der Waals surface area contributed by atoms with Crippen LogP contribution in [0.1, 0.15) is 25.6 Å². The van der Waals surface area contributed by atoms with Crippen molar-refractivity contribution in [1.82, 2.24) is 14.5 Å². The molecule has 0 aliphatic heterocycles. The van der Waals surface area contributed by atoms with Gasteiger partial charge in [-0.05, 0) is 19.9 Å². The SMILES string of the molecule is CCOC(=O)Cn1cc(-c2ccccc2Cl)c2c(C(C)O)ncnc21. The molecule has 0 saturated carbocycles. The molecule has 1 unspecified atom stereocenters. The number of aliphatic hydroxyl groups excluding tert-OH is 1. The third kappa shape index (κ3) is 3.36. The summed E-state index contributed by atoms with van der Waals surface area (Å²) in [4.78, 5) is 20.4. The minimum Gasteiger partial charge on any atom is -0.465 e. The topological polar surface area (TPSA) is 77.2 Å². The summed E-state index contributed by atoms with van der Waals surface area (Å²) in [5, 5.41) is 11.4. The second kappa shape index (κ2) is 7.21. The Morgan fingerprint density at radius 2 is 2.08 bits per heavy atom. The van der Waals surface area contributed by atoms with Crippen molar-refractivity contribution in [3.05, 3.63) is 47.5 Å². The Labute approximate surface area is 150 Å². The Kier molecular flexibility index (Phi) is 5.01. The summed E-state index contributed by atoms with van der Waals surface area (Å²) in [6.07, 6.45) is 2.39. The van der Waals surface area contributed by atoms with Crippen LogP contribution in [0.25, 0.3) is 22.2 Å². The van der Waals surface area contributed by atoms with Crippen LogP contribution in [0.3, 0.4) is 0 Å². The van der Waals surface area contributed by atoms with Crippen molar-refractivity contribution in [1.29, 1.82) is 0 Å². The Hall–Kier alpha value is -2.44. The summed E-state index contributed by atoms with van der Waals surface area (Å²) in [6, 6.07) is 7.39. The number of rotatable bonds is 5. The van der Waals surface area contributed by atoms with Crippen LogP contribution < -0.4 is 0 Å². The van der Waals surface area contributed by atoms with Crippen LogP contribution in [0.15, 0.2) is 36.8 Å². The summed E-state index contributed by atoms with van der Waals surface area (Å²) in [7, 11) is 0. The monoisotopic (exact) mass is 359 g/mol. The van der Waals surface area contributed by atoms with Gasteiger partial charge in [0.1, 0.15) is 18.5 Å². The van der Waals surface area contributed by atoms with Crippen LogP contribution in [0, 0.1) is 0 Å². The molecule has 2 aromatic heterocycles. The molecule has 0 aliphatic rings. The number of fused-ring (bicyclic) bond motifs is 1. The molecule has 0 radical (unpaired) electrons. The fourth-order valence-corrected chi connectivity index (χ4v) is 3.05. The summed E-state index contributed by atoms with van der Waals surface area (Å²) in [6.45, 7) is 3.73. The number of aliphatic hydroxyl groups is 1. The third-order valence-electron chi connectivity index (χ3n) is 3.85. The average Bonchev–Trinajstić information content (AvgIpc) is 2.94. The van der Waals surface area contributed by atoms with Gasteiger partial charge in [-0.2, -0.15) is 0 Å². The Bertz CT molecular complexity index is 921. The molecule has 3 aromatic rings. The first-order valence-electron chi connectivity index (χ1n) is 7.95. The summed E-state index contributed by atoms with van der Waals surface area (Å²) in [5.41, 5.74) is 2.59. The maximum atomic E-state index is 11.9. The predicted molar refractivity (Wildman–Crippen MR) is 95.2 cm³/mol. The summed E-state index contributed by atoms with van der Waals surface area (Å²) >= 11 is 6.35. The van der Waals surface area contributed by atoms with Gasteiger partial charge in [-0.1, -0.05) is 29.8 Å². The first kappa shape index (κ1) is 17.4. The van der Waals surface area contributed by atoms with Crippen LogP contribution in [-0.4, -0.2) is 32.2 Å². The van der Waals surface area contributed by atoms with E-state index in [1.165, 1.54) is 6.33 Å². The summed E-state index contributed by atoms with van der Waals surface area (Å²) in [5.74, 6) is -0.359. The number of hydrogen-bond acceptors (Lipinski definition) is 5. The fraction of sp³-hybridized carbons (Fsp3) is 0.278. The second-order valence-corrected chi connectivity index (χ2v) is 6.00. The first-order valence-corrected chi connectivity index (χ1v) is 8.33. The summed E-state index contributed by atoms with van der Waals surface area (Å²) < 4.78 is 6.73. The van der Waals surface area contributed by atoms with Crippen LogP contribution in [0.5, 0.6) is 0 Å². The lowest BCUT2D eigenvalue weighted by molar-refractivity contribution is -0.143. The number of benzene rings is 1. The molecule has 2 heterocycles. The standard InChI is InChI=1S/C18H18ClN3O3/c1-3-25-15(24)9-22-8-13(12-6-4-5-7-14(12)19)16-17(11(2)23)20-10-21-18(16)22/h4-8,10-11,23H,3,9H2,1-2H3. The number of nitrogens with zero attached hydrogens (tertiary/aromatic N) is 3. The molecule has 130 valence electrons. The van der Waals surface area contributed by atoms with E-state index in [4.69, 9.17) is 16.3 Å². The van der Waals surface area contributed by atoms with Gasteiger partial charge < -0.3 is 14.4 Å². The highest BCUT2D eigenvalue weighted by Crippen LogP contribution is 2.36. The van der Waals surface area contributed by atoms with Gasteiger partial charge in [-0.25, -0.2) is 9.97 Å². The van der Waals surface area contributed by atoms with E-state index in [1.54, 1.807) is 30.7 Å². The molecule has 7 heteroatoms. The highest BCUT2D eigenvalue weighted by Gasteiger charge is 2.21. The van der Waals surface area contributed by atoms with Crippen molar-refractivity contribution in [2.45, 2.75) is 26.5 Å². The zero-order chi connectivity index (χ0) is 18.0. The fourth-order valence-electron chi connectivity index (χ4n) is 2.81. The van der Waals surface area contributed by atoms with E-state index in [0.717, 1.165) is 11.1 Å². The average molecular weight is 360 g/mol. The molecule has 1 aromatic carbocycles. The number of halogens is 1. The molecule has 6 nitrogen and oxygen atoms in total. The quantitative estimate of drug-likeness (QED) is 0.707. The number of esters is 1. The largest absolute Gasteiger partial charge is 0.465 e. The van der Waals surface area contributed by atoms with E-state index < -0.39 is 6.10 Å². The third-order valence-corrected chi connectivity index (χ3v) is 4.18. The minimum absolute atomic E-state index is 0.0189. The van der Waals surface area contributed by atoms with Crippen LogP contribution >= 0.6 is 11.6 Å². The van der Waals surface area contributed by atoms with Crippen molar-refractivity contribution in [3.8, 4) is 11.1 Å². The molecule has 1 N–H and O–H groups in total. The molecule has 0 saturated heterocycles. The molecule has 0 bridgehead atoms. The number of ether oxygens (including phenoxy) is 1. The molecule has 0 spiro atoms. The smallest absolute Gasteiger partial charge is 0.325 e. The molecule has 1 atom stereocenters. The molecule has 0 fully saturated rings. The second-order valence-electron chi connectivity index (χ2n) is 5.59. The van der Waals surface area contributed by atoms with Gasteiger partial charge in [-0.3, -0.25) is 4.79 Å². The number of aromatic nitrogens is 3. The van der Waals surface area contributed by atoms with E-state index in [2.05, 4.69) is 9.97 Å². The van der Waals surface area contributed by atoms with E-state index >= 15 is 0 Å². The van der Waals surface area contributed by atoms with Gasteiger partial charge in [0.15, 0.2) is 0 Å². The van der Waals surface area contributed by atoms with Crippen molar-refractivity contribution < 1.29 is 14.6 Å². The molecular weight excluding hydrogens is 342 g/mol. The lowest BCUT2D eigenvalue weighted by Gasteiger charge is -2.08. The molecule has 0 aliphatic carbocycles. The van der Waals surface area contributed by atoms with Gasteiger partial charge in [0.2, 0.25) is 0 Å². The Balaban J connectivity index is 2.25. The maximum absolute atomic E-state index is 11.9. The van der Waals surface area contributed by atoms with E-state index in [-0.39, 0.29) is 12.5 Å². The Morgan fingerprint density at radius 1 is 1.32 bits per heavy atom.